The summed E-state index contributed by atoms with van der Waals surface area (Å²) in [6.07, 6.45) is 0.234. The van der Waals surface area contributed by atoms with E-state index in [0.29, 0.717) is 5.92 Å². The summed E-state index contributed by atoms with van der Waals surface area (Å²) in [6, 6.07) is 5.47. The number of carbonyl (C=O) groups is 2. The fraction of sp³-hybridized carbons (Fsp3) is 0.556. The third kappa shape index (κ3) is 4.24. The topological polar surface area (TPSA) is 61.8 Å². The molecule has 4 atom stereocenters. The van der Waals surface area contributed by atoms with E-state index in [2.05, 4.69) is 0 Å². The summed E-state index contributed by atoms with van der Waals surface area (Å²) in [5, 5.41) is 0. The summed E-state index contributed by atoms with van der Waals surface area (Å²) in [5.74, 6) is -0.194. The number of ether oxygens (including phenoxy) is 3. The van der Waals surface area contributed by atoms with Crippen molar-refractivity contribution in [3.05, 3.63) is 29.3 Å². The van der Waals surface area contributed by atoms with Crippen LogP contribution in [0.25, 0.3) is 0 Å². The molecule has 0 spiro atoms. The van der Waals surface area contributed by atoms with E-state index >= 15 is 0 Å². The number of hydrogen-bond acceptors (Lipinski definition) is 5. The van der Waals surface area contributed by atoms with Crippen LogP contribution < -0.4 is 4.74 Å². The van der Waals surface area contributed by atoms with Crippen LogP contribution in [0.3, 0.4) is 0 Å². The van der Waals surface area contributed by atoms with E-state index in [1.54, 1.807) is 20.1 Å². The zero-order chi connectivity index (χ0) is 17.1. The summed E-state index contributed by atoms with van der Waals surface area (Å²) < 4.78 is 16.1. The Morgan fingerprint density at radius 3 is 2.43 bits per heavy atom. The van der Waals surface area contributed by atoms with Gasteiger partial charge >= 0.3 is 11.9 Å². The second-order valence-corrected chi connectivity index (χ2v) is 6.23. The zero-order valence-corrected chi connectivity index (χ0v) is 14.3. The average Bonchev–Trinajstić information content (AvgIpc) is 3.19. The summed E-state index contributed by atoms with van der Waals surface area (Å²) in [5.41, 5.74) is 1.68. The molecule has 2 rings (SSSR count). The molecule has 0 aromatic heterocycles. The van der Waals surface area contributed by atoms with E-state index in [9.17, 15) is 9.59 Å². The third-order valence-electron chi connectivity index (χ3n) is 4.21. The first-order valence-electron chi connectivity index (χ1n) is 7.85. The molecule has 5 nitrogen and oxygen atoms in total. The van der Waals surface area contributed by atoms with Crippen molar-refractivity contribution in [1.82, 2.24) is 0 Å². The molecule has 1 aliphatic rings. The van der Waals surface area contributed by atoms with Crippen LogP contribution in [-0.2, 0) is 19.1 Å². The van der Waals surface area contributed by atoms with Crippen molar-refractivity contribution >= 4 is 11.9 Å². The lowest BCUT2D eigenvalue weighted by Gasteiger charge is -2.24. The highest BCUT2D eigenvalue weighted by Crippen LogP contribution is 2.36. The van der Waals surface area contributed by atoms with Gasteiger partial charge in [0.2, 0.25) is 0 Å². The number of methoxy groups -OCH3 is 1. The smallest absolute Gasteiger partial charge is 0.313 e. The Bertz CT molecular complexity index is 595. The Balaban J connectivity index is 2.21. The molecule has 1 aromatic rings. The molecule has 5 heteroatoms. The van der Waals surface area contributed by atoms with Gasteiger partial charge in [-0.1, -0.05) is 13.0 Å². The lowest BCUT2D eigenvalue weighted by atomic mass is 9.93. The minimum absolute atomic E-state index is 0.0000996. The molecule has 0 amide bonds. The maximum Gasteiger partial charge on any atom is 0.313 e. The van der Waals surface area contributed by atoms with Crippen LogP contribution in [0.1, 0.15) is 44.4 Å². The molecule has 0 aliphatic heterocycles. The summed E-state index contributed by atoms with van der Waals surface area (Å²) in [4.78, 5) is 23.8. The van der Waals surface area contributed by atoms with Crippen molar-refractivity contribution < 1.29 is 23.8 Å². The van der Waals surface area contributed by atoms with Crippen LogP contribution in [0, 0.1) is 18.8 Å². The lowest BCUT2D eigenvalue weighted by Crippen LogP contribution is -2.26. The van der Waals surface area contributed by atoms with Crippen molar-refractivity contribution in [3.8, 4) is 5.75 Å². The highest BCUT2D eigenvalue weighted by Gasteiger charge is 2.39. The molecule has 23 heavy (non-hydrogen) atoms. The minimum Gasteiger partial charge on any atom is -0.497 e. The van der Waals surface area contributed by atoms with E-state index in [4.69, 9.17) is 14.2 Å². The van der Waals surface area contributed by atoms with Crippen LogP contribution in [0.4, 0.5) is 0 Å². The number of esters is 2. The molecule has 1 aromatic carbocycles. The average molecular weight is 320 g/mol. The summed E-state index contributed by atoms with van der Waals surface area (Å²) in [6.45, 7) is 7.01. The van der Waals surface area contributed by atoms with E-state index in [-0.39, 0.29) is 12.1 Å². The molecule has 1 fully saturated rings. The molecular weight excluding hydrogens is 296 g/mol. The highest BCUT2D eigenvalue weighted by atomic mass is 16.6. The predicted octanol–water partition coefficient (Wildman–Crippen LogP) is 3.20. The van der Waals surface area contributed by atoms with Crippen LogP contribution >= 0.6 is 0 Å². The van der Waals surface area contributed by atoms with Crippen LogP contribution in [0.2, 0.25) is 0 Å². The van der Waals surface area contributed by atoms with Gasteiger partial charge in [-0.05, 0) is 49.4 Å². The lowest BCUT2D eigenvalue weighted by molar-refractivity contribution is -0.161. The third-order valence-corrected chi connectivity index (χ3v) is 4.21. The van der Waals surface area contributed by atoms with Gasteiger partial charge in [0.05, 0.1) is 13.0 Å². The molecule has 0 bridgehead atoms. The van der Waals surface area contributed by atoms with Crippen molar-refractivity contribution in [2.24, 2.45) is 11.8 Å². The van der Waals surface area contributed by atoms with E-state index < -0.39 is 18.0 Å². The molecule has 0 radical (unpaired) electrons. The number of benzene rings is 1. The fourth-order valence-electron chi connectivity index (χ4n) is 2.54. The zero-order valence-electron chi connectivity index (χ0n) is 14.3. The van der Waals surface area contributed by atoms with Crippen LogP contribution in [-0.4, -0.2) is 25.2 Å². The Kier molecular flexibility index (Phi) is 5.29. The number of carbonyl (C=O) groups excluding carboxylic acids is 2. The van der Waals surface area contributed by atoms with Crippen molar-refractivity contribution in [3.63, 3.8) is 0 Å². The molecule has 1 aliphatic carbocycles. The fourth-order valence-corrected chi connectivity index (χ4v) is 2.54. The normalized spacial score (nSPS) is 22.0. The van der Waals surface area contributed by atoms with E-state index in [1.807, 2.05) is 26.0 Å². The molecule has 0 N–H and O–H groups in total. The van der Waals surface area contributed by atoms with Gasteiger partial charge < -0.3 is 14.2 Å². The van der Waals surface area contributed by atoms with Gasteiger partial charge in [0.15, 0.2) is 0 Å². The largest absolute Gasteiger partial charge is 0.497 e. The second kappa shape index (κ2) is 7.02. The van der Waals surface area contributed by atoms with E-state index in [1.165, 1.54) is 6.92 Å². The molecular formula is C18H24O5. The van der Waals surface area contributed by atoms with Crippen molar-refractivity contribution in [2.45, 2.75) is 46.3 Å². The minimum atomic E-state index is -0.667. The van der Waals surface area contributed by atoms with Gasteiger partial charge in [0.25, 0.3) is 0 Å². The molecule has 126 valence electrons. The Labute approximate surface area is 136 Å². The van der Waals surface area contributed by atoms with Gasteiger partial charge in [0.1, 0.15) is 18.0 Å². The molecule has 1 saturated carbocycles. The molecule has 3 unspecified atom stereocenters. The number of hydrogen-bond donors (Lipinski definition) is 0. The quantitative estimate of drug-likeness (QED) is 0.753. The summed E-state index contributed by atoms with van der Waals surface area (Å²) in [7, 11) is 1.59. The SMILES string of the molecule is COc1ccc(C(OC(C)=O)C(C)C(=O)O[C@H]2CC2C)c(C)c1. The van der Waals surface area contributed by atoms with E-state index in [0.717, 1.165) is 23.3 Å². The van der Waals surface area contributed by atoms with Gasteiger partial charge in [-0.2, -0.15) is 0 Å². The Morgan fingerprint density at radius 2 is 1.96 bits per heavy atom. The first-order chi connectivity index (χ1) is 10.8. The van der Waals surface area contributed by atoms with Crippen LogP contribution in [0.5, 0.6) is 5.75 Å². The monoisotopic (exact) mass is 320 g/mol. The number of rotatable bonds is 6. The van der Waals surface area contributed by atoms with Gasteiger partial charge in [0, 0.05) is 6.92 Å². The van der Waals surface area contributed by atoms with Crippen LogP contribution in [0.15, 0.2) is 18.2 Å². The maximum absolute atomic E-state index is 12.3. The van der Waals surface area contributed by atoms with Crippen molar-refractivity contribution in [2.75, 3.05) is 7.11 Å². The molecule has 0 heterocycles. The number of aryl methyl sites for hydroxylation is 1. The Morgan fingerprint density at radius 1 is 1.30 bits per heavy atom. The summed E-state index contributed by atoms with van der Waals surface area (Å²) >= 11 is 0. The standard InChI is InChI=1S/C18H24O5/c1-10-8-14(21-5)6-7-15(10)17(22-13(4)19)12(3)18(20)23-16-9-11(16)2/h6-8,11-12,16-17H,9H2,1-5H3/t11?,12?,16-,17?/m0/s1. The Hall–Kier alpha value is -2.04. The first-order valence-corrected chi connectivity index (χ1v) is 7.85. The second-order valence-electron chi connectivity index (χ2n) is 6.23. The van der Waals surface area contributed by atoms with Gasteiger partial charge in [-0.15, -0.1) is 0 Å². The van der Waals surface area contributed by atoms with Crippen molar-refractivity contribution in [1.29, 1.82) is 0 Å². The van der Waals surface area contributed by atoms with Gasteiger partial charge in [-0.3, -0.25) is 9.59 Å². The highest BCUT2D eigenvalue weighted by molar-refractivity contribution is 5.75. The maximum atomic E-state index is 12.3. The predicted molar refractivity (Wildman–Crippen MR) is 85.1 cm³/mol. The first kappa shape index (κ1) is 17.3. The molecule has 0 saturated heterocycles. The van der Waals surface area contributed by atoms with Gasteiger partial charge in [-0.25, -0.2) is 0 Å².